The monoisotopic (exact) mass is 314 g/mol. The average molecular weight is 314 g/mol. The Kier molecular flexibility index (Phi) is 4.77. The summed E-state index contributed by atoms with van der Waals surface area (Å²) in [4.78, 5) is 24.3. The van der Waals surface area contributed by atoms with Gasteiger partial charge in [0.2, 0.25) is 0 Å². The number of carbonyl (C=O) groups is 1. The van der Waals surface area contributed by atoms with Crippen molar-refractivity contribution in [1.29, 1.82) is 0 Å². The fourth-order valence-electron chi connectivity index (χ4n) is 2.35. The molecule has 7 heteroatoms. The van der Waals surface area contributed by atoms with Gasteiger partial charge in [-0.2, -0.15) is 0 Å². The van der Waals surface area contributed by atoms with E-state index in [9.17, 15) is 4.79 Å². The van der Waals surface area contributed by atoms with Gasteiger partial charge in [0.1, 0.15) is 17.5 Å². The summed E-state index contributed by atoms with van der Waals surface area (Å²) in [6.07, 6.45) is 6.65. The van der Waals surface area contributed by atoms with Gasteiger partial charge in [0.15, 0.2) is 0 Å². The third kappa shape index (κ3) is 4.01. The minimum atomic E-state index is -0.288. The number of pyridine rings is 1. The first-order chi connectivity index (χ1) is 11.2. The molecule has 2 aromatic heterocycles. The van der Waals surface area contributed by atoms with Crippen LogP contribution in [0.25, 0.3) is 0 Å². The molecular formula is C16H18N4O3. The zero-order chi connectivity index (χ0) is 16.1. The molecule has 23 heavy (non-hydrogen) atoms. The minimum Gasteiger partial charge on any atom is -0.486 e. The maximum Gasteiger partial charge on any atom is 0.271 e. The highest BCUT2D eigenvalue weighted by Crippen LogP contribution is 2.18. The summed E-state index contributed by atoms with van der Waals surface area (Å²) in [6.45, 7) is 2.92. The number of aryl methyl sites for hydroxylation is 1. The molecule has 7 nitrogen and oxygen atoms in total. The first-order valence-corrected chi connectivity index (χ1v) is 7.46. The molecule has 0 radical (unpaired) electrons. The summed E-state index contributed by atoms with van der Waals surface area (Å²) < 4.78 is 11.4. The number of ether oxygens (including phenoxy) is 2. The first-order valence-electron chi connectivity index (χ1n) is 7.46. The van der Waals surface area contributed by atoms with Crippen molar-refractivity contribution < 1.29 is 14.3 Å². The molecule has 0 bridgehead atoms. The summed E-state index contributed by atoms with van der Waals surface area (Å²) in [6, 6.07) is 3.51. The van der Waals surface area contributed by atoms with E-state index in [0.717, 1.165) is 5.69 Å². The molecule has 3 rings (SSSR count). The number of rotatable bonds is 4. The number of aromatic nitrogens is 3. The number of hydrogen-bond donors (Lipinski definition) is 1. The van der Waals surface area contributed by atoms with Gasteiger partial charge in [0, 0.05) is 24.5 Å². The highest BCUT2D eigenvalue weighted by molar-refractivity contribution is 5.92. The van der Waals surface area contributed by atoms with E-state index in [1.165, 1.54) is 18.6 Å². The maximum absolute atomic E-state index is 12.2. The lowest BCUT2D eigenvalue weighted by molar-refractivity contribution is -0.00308. The van der Waals surface area contributed by atoms with E-state index in [2.05, 4.69) is 20.3 Å². The molecule has 2 aromatic rings. The molecule has 1 amide bonds. The van der Waals surface area contributed by atoms with Crippen LogP contribution in [0.4, 0.5) is 0 Å². The molecule has 0 saturated carbocycles. The van der Waals surface area contributed by atoms with Gasteiger partial charge in [-0.05, 0) is 19.1 Å². The maximum atomic E-state index is 12.2. The van der Waals surface area contributed by atoms with Crippen molar-refractivity contribution in [2.75, 3.05) is 13.2 Å². The fraction of sp³-hybridized carbons (Fsp3) is 0.375. The second kappa shape index (κ2) is 7.15. The quantitative estimate of drug-likeness (QED) is 0.911. The summed E-state index contributed by atoms with van der Waals surface area (Å²) in [5, 5.41) is 2.91. The Hall–Kier alpha value is -2.54. The van der Waals surface area contributed by atoms with Crippen LogP contribution in [-0.2, 0) is 4.74 Å². The van der Waals surface area contributed by atoms with Crippen LogP contribution >= 0.6 is 0 Å². The number of nitrogens with one attached hydrogen (secondary N) is 1. The van der Waals surface area contributed by atoms with Gasteiger partial charge in [-0.25, -0.2) is 4.98 Å². The molecule has 1 fully saturated rings. The summed E-state index contributed by atoms with van der Waals surface area (Å²) in [5.41, 5.74) is 1.20. The number of nitrogens with zero attached hydrogens (tertiary/aromatic N) is 3. The smallest absolute Gasteiger partial charge is 0.271 e. The fourth-order valence-corrected chi connectivity index (χ4v) is 2.35. The number of carbonyl (C=O) groups excluding carboxylic acids is 1. The molecule has 1 N–H and O–H groups in total. The van der Waals surface area contributed by atoms with Gasteiger partial charge < -0.3 is 14.8 Å². The Balaban J connectivity index is 1.66. The molecule has 1 aliphatic rings. The molecule has 120 valence electrons. The van der Waals surface area contributed by atoms with Crippen LogP contribution in [0.2, 0.25) is 0 Å². The Morgan fingerprint density at radius 1 is 1.30 bits per heavy atom. The zero-order valence-corrected chi connectivity index (χ0v) is 12.8. The lowest BCUT2D eigenvalue weighted by Gasteiger charge is -2.32. The Morgan fingerprint density at radius 3 is 2.96 bits per heavy atom. The van der Waals surface area contributed by atoms with Gasteiger partial charge in [0.05, 0.1) is 31.6 Å². The van der Waals surface area contributed by atoms with E-state index < -0.39 is 0 Å². The number of hydrogen-bond acceptors (Lipinski definition) is 6. The summed E-state index contributed by atoms with van der Waals surface area (Å²) in [7, 11) is 0. The largest absolute Gasteiger partial charge is 0.486 e. The molecule has 0 unspecified atom stereocenters. The van der Waals surface area contributed by atoms with E-state index in [4.69, 9.17) is 9.47 Å². The normalized spacial score (nSPS) is 20.7. The number of amides is 1. The minimum absolute atomic E-state index is 0.172. The molecule has 0 aliphatic carbocycles. The third-order valence-corrected chi connectivity index (χ3v) is 3.58. The molecular weight excluding hydrogens is 296 g/mol. The van der Waals surface area contributed by atoms with E-state index in [0.29, 0.717) is 25.4 Å². The van der Waals surface area contributed by atoms with Crippen molar-refractivity contribution in [3.05, 3.63) is 48.3 Å². The van der Waals surface area contributed by atoms with E-state index >= 15 is 0 Å². The second-order valence-corrected chi connectivity index (χ2v) is 5.33. The molecule has 0 spiro atoms. The van der Waals surface area contributed by atoms with E-state index in [-0.39, 0.29) is 23.7 Å². The molecule has 0 aromatic carbocycles. The highest BCUT2D eigenvalue weighted by Gasteiger charge is 2.29. The van der Waals surface area contributed by atoms with Gasteiger partial charge in [0.25, 0.3) is 5.91 Å². The van der Waals surface area contributed by atoms with Crippen molar-refractivity contribution in [1.82, 2.24) is 20.3 Å². The van der Waals surface area contributed by atoms with Crippen LogP contribution in [0, 0.1) is 6.92 Å². The van der Waals surface area contributed by atoms with Gasteiger partial charge in [-0.3, -0.25) is 14.8 Å². The average Bonchev–Trinajstić information content (AvgIpc) is 2.59. The lowest BCUT2D eigenvalue weighted by atomic mass is 10.1. The Morgan fingerprint density at radius 2 is 2.22 bits per heavy atom. The molecule has 1 saturated heterocycles. The Labute approximate surface area is 134 Å². The predicted octanol–water partition coefficient (Wildman–Crippen LogP) is 1.15. The summed E-state index contributed by atoms with van der Waals surface area (Å²) in [5.74, 6) is 0.394. The van der Waals surface area contributed by atoms with Crippen molar-refractivity contribution >= 4 is 5.91 Å². The zero-order valence-electron chi connectivity index (χ0n) is 12.8. The van der Waals surface area contributed by atoms with E-state index in [1.54, 1.807) is 6.20 Å². The molecule has 2 atom stereocenters. The van der Waals surface area contributed by atoms with Crippen LogP contribution < -0.4 is 10.1 Å². The Bertz CT molecular complexity index is 648. The van der Waals surface area contributed by atoms with Gasteiger partial charge in [-0.1, -0.05) is 0 Å². The topological polar surface area (TPSA) is 86.2 Å². The first kappa shape index (κ1) is 15.4. The van der Waals surface area contributed by atoms with Gasteiger partial charge >= 0.3 is 0 Å². The van der Waals surface area contributed by atoms with Gasteiger partial charge in [-0.15, -0.1) is 0 Å². The molecule has 3 heterocycles. The van der Waals surface area contributed by atoms with E-state index in [1.807, 2.05) is 19.1 Å². The van der Waals surface area contributed by atoms with Crippen LogP contribution in [-0.4, -0.2) is 46.2 Å². The van der Waals surface area contributed by atoms with Crippen molar-refractivity contribution in [2.45, 2.75) is 25.5 Å². The van der Waals surface area contributed by atoms with Crippen LogP contribution in [0.3, 0.4) is 0 Å². The van der Waals surface area contributed by atoms with Crippen LogP contribution in [0.15, 0.2) is 36.9 Å². The van der Waals surface area contributed by atoms with Crippen molar-refractivity contribution in [3.8, 4) is 5.75 Å². The van der Waals surface area contributed by atoms with Crippen molar-refractivity contribution in [2.24, 2.45) is 0 Å². The second-order valence-electron chi connectivity index (χ2n) is 5.33. The van der Waals surface area contributed by atoms with Crippen molar-refractivity contribution in [3.63, 3.8) is 0 Å². The molecule has 1 aliphatic heterocycles. The SMILES string of the molecule is Cc1ccc(O[C@H]2CCOC[C@H]2NC(=O)c2cnccn2)cn1. The summed E-state index contributed by atoms with van der Waals surface area (Å²) >= 11 is 0. The third-order valence-electron chi connectivity index (χ3n) is 3.58. The lowest BCUT2D eigenvalue weighted by Crippen LogP contribution is -2.52. The highest BCUT2D eigenvalue weighted by atomic mass is 16.5. The van der Waals surface area contributed by atoms with Crippen LogP contribution in [0.5, 0.6) is 5.75 Å². The standard InChI is InChI=1S/C16H18N4O3/c1-11-2-3-12(8-19-11)23-15-4-7-22-10-14(15)20-16(21)13-9-17-5-6-18-13/h2-3,5-6,8-9,14-15H,4,7,10H2,1H3,(H,20,21)/t14-,15+/m1/s1. The predicted molar refractivity (Wildman–Crippen MR) is 82.1 cm³/mol. The van der Waals surface area contributed by atoms with Crippen LogP contribution in [0.1, 0.15) is 22.6 Å².